The highest BCUT2D eigenvalue weighted by atomic mass is 16.5. The van der Waals surface area contributed by atoms with Crippen LogP contribution < -0.4 is 10.6 Å². The standard InChI is InChI=1S/C22H21N3O5/c1-14-17-5-3-4-6-18(17)22(29)25(14)12-11-20(27)30-13-19(26)24-16-9-7-15(8-10-16)21(28)23-2/h3-10H,1,11-13H2,2H3,(H,23,28)(H,24,26). The maximum atomic E-state index is 12.4. The largest absolute Gasteiger partial charge is 0.456 e. The molecule has 0 fully saturated rings. The Kier molecular flexibility index (Phi) is 6.26. The third-order valence-electron chi connectivity index (χ3n) is 4.60. The van der Waals surface area contributed by atoms with Gasteiger partial charge in [-0.05, 0) is 30.3 Å². The van der Waals surface area contributed by atoms with Gasteiger partial charge in [-0.2, -0.15) is 0 Å². The number of carbonyl (C=O) groups excluding carboxylic acids is 4. The van der Waals surface area contributed by atoms with Crippen LogP contribution in [0.25, 0.3) is 5.70 Å². The van der Waals surface area contributed by atoms with Crippen molar-refractivity contribution in [2.45, 2.75) is 6.42 Å². The quantitative estimate of drug-likeness (QED) is 0.684. The minimum absolute atomic E-state index is 0.0626. The number of benzene rings is 2. The first kappa shape index (κ1) is 20.8. The minimum atomic E-state index is -0.600. The third kappa shape index (κ3) is 4.54. The van der Waals surface area contributed by atoms with Crippen LogP contribution >= 0.6 is 0 Å². The number of nitrogens with one attached hydrogen (secondary N) is 2. The molecule has 0 unspecified atom stereocenters. The second-order valence-corrected chi connectivity index (χ2v) is 6.56. The molecule has 1 heterocycles. The van der Waals surface area contributed by atoms with E-state index in [9.17, 15) is 19.2 Å². The van der Waals surface area contributed by atoms with E-state index in [0.29, 0.717) is 22.5 Å². The fraction of sp³-hybridized carbons (Fsp3) is 0.182. The molecular weight excluding hydrogens is 386 g/mol. The van der Waals surface area contributed by atoms with Crippen molar-refractivity contribution in [3.63, 3.8) is 0 Å². The van der Waals surface area contributed by atoms with Gasteiger partial charge in [-0.1, -0.05) is 24.8 Å². The summed E-state index contributed by atoms with van der Waals surface area (Å²) < 4.78 is 4.98. The zero-order chi connectivity index (χ0) is 21.7. The molecular formula is C22H21N3O5. The van der Waals surface area contributed by atoms with E-state index in [1.807, 2.05) is 6.07 Å². The highest BCUT2D eigenvalue weighted by Gasteiger charge is 2.30. The molecule has 30 heavy (non-hydrogen) atoms. The molecule has 0 saturated carbocycles. The molecule has 3 amide bonds. The number of fused-ring (bicyclic) bond motifs is 1. The number of anilines is 1. The smallest absolute Gasteiger partial charge is 0.308 e. The van der Waals surface area contributed by atoms with Crippen molar-refractivity contribution in [2.24, 2.45) is 0 Å². The van der Waals surface area contributed by atoms with Gasteiger partial charge in [0.15, 0.2) is 6.61 Å². The summed E-state index contributed by atoms with van der Waals surface area (Å²) in [6.07, 6.45) is -0.0626. The minimum Gasteiger partial charge on any atom is -0.456 e. The summed E-state index contributed by atoms with van der Waals surface area (Å²) >= 11 is 0. The van der Waals surface area contributed by atoms with Crippen LogP contribution in [0.4, 0.5) is 5.69 Å². The van der Waals surface area contributed by atoms with E-state index >= 15 is 0 Å². The van der Waals surface area contributed by atoms with Gasteiger partial charge in [0.2, 0.25) is 0 Å². The lowest BCUT2D eigenvalue weighted by Gasteiger charge is -2.16. The van der Waals surface area contributed by atoms with Gasteiger partial charge in [0.25, 0.3) is 17.7 Å². The van der Waals surface area contributed by atoms with Crippen LogP contribution in [0.15, 0.2) is 55.1 Å². The van der Waals surface area contributed by atoms with Crippen LogP contribution in [0.2, 0.25) is 0 Å². The van der Waals surface area contributed by atoms with Gasteiger partial charge in [-0.25, -0.2) is 0 Å². The molecule has 2 N–H and O–H groups in total. The van der Waals surface area contributed by atoms with Crippen LogP contribution in [-0.2, 0) is 14.3 Å². The summed E-state index contributed by atoms with van der Waals surface area (Å²) in [7, 11) is 1.53. The van der Waals surface area contributed by atoms with Crippen molar-refractivity contribution < 1.29 is 23.9 Å². The van der Waals surface area contributed by atoms with E-state index in [1.54, 1.807) is 42.5 Å². The lowest BCUT2D eigenvalue weighted by Crippen LogP contribution is -2.27. The van der Waals surface area contributed by atoms with E-state index in [-0.39, 0.29) is 24.8 Å². The lowest BCUT2D eigenvalue weighted by atomic mass is 10.1. The summed E-state index contributed by atoms with van der Waals surface area (Å²) in [6, 6.07) is 13.4. The third-order valence-corrected chi connectivity index (χ3v) is 4.60. The topological polar surface area (TPSA) is 105 Å². The Bertz CT molecular complexity index is 979. The number of hydrogen-bond donors (Lipinski definition) is 2. The maximum Gasteiger partial charge on any atom is 0.308 e. The summed E-state index contributed by atoms with van der Waals surface area (Å²) in [6.45, 7) is 3.58. The molecule has 0 aliphatic carbocycles. The molecule has 154 valence electrons. The molecule has 0 saturated heterocycles. The van der Waals surface area contributed by atoms with Crippen molar-refractivity contribution in [3.8, 4) is 0 Å². The Balaban J connectivity index is 1.44. The molecule has 8 nitrogen and oxygen atoms in total. The number of ether oxygens (including phenoxy) is 1. The molecule has 1 aliphatic heterocycles. The normalized spacial score (nSPS) is 12.4. The fourth-order valence-electron chi connectivity index (χ4n) is 3.04. The molecule has 0 spiro atoms. The van der Waals surface area contributed by atoms with E-state index < -0.39 is 18.5 Å². The second kappa shape index (κ2) is 9.04. The Morgan fingerprint density at radius 2 is 1.70 bits per heavy atom. The second-order valence-electron chi connectivity index (χ2n) is 6.56. The highest BCUT2D eigenvalue weighted by Crippen LogP contribution is 2.31. The zero-order valence-electron chi connectivity index (χ0n) is 16.4. The maximum absolute atomic E-state index is 12.4. The SMILES string of the molecule is C=C1c2ccccc2C(=O)N1CCC(=O)OCC(=O)Nc1ccc(C(=O)NC)cc1. The van der Waals surface area contributed by atoms with E-state index in [2.05, 4.69) is 17.2 Å². The number of esters is 1. The predicted octanol–water partition coefficient (Wildman–Crippen LogP) is 2.04. The number of hydrogen-bond acceptors (Lipinski definition) is 5. The first-order chi connectivity index (χ1) is 14.4. The van der Waals surface area contributed by atoms with Crippen LogP contribution in [-0.4, -0.2) is 48.8 Å². The van der Waals surface area contributed by atoms with Crippen LogP contribution in [0.3, 0.4) is 0 Å². The monoisotopic (exact) mass is 407 g/mol. The summed E-state index contributed by atoms with van der Waals surface area (Å²) in [4.78, 5) is 49.3. The van der Waals surface area contributed by atoms with Crippen LogP contribution in [0.1, 0.15) is 32.7 Å². The first-order valence-electron chi connectivity index (χ1n) is 9.28. The Morgan fingerprint density at radius 1 is 1.03 bits per heavy atom. The molecule has 1 aliphatic rings. The van der Waals surface area contributed by atoms with Gasteiger partial charge in [-0.3, -0.25) is 19.2 Å². The Morgan fingerprint density at radius 3 is 2.33 bits per heavy atom. The van der Waals surface area contributed by atoms with Crippen LogP contribution in [0, 0.1) is 0 Å². The van der Waals surface area contributed by atoms with Gasteiger partial charge in [0.05, 0.1) is 6.42 Å². The average molecular weight is 407 g/mol. The van der Waals surface area contributed by atoms with Crippen molar-refractivity contribution in [1.29, 1.82) is 0 Å². The van der Waals surface area contributed by atoms with Gasteiger partial charge in [0, 0.05) is 41.7 Å². The fourth-order valence-corrected chi connectivity index (χ4v) is 3.04. The van der Waals surface area contributed by atoms with Crippen LogP contribution in [0.5, 0.6) is 0 Å². The summed E-state index contributed by atoms with van der Waals surface area (Å²) in [5.41, 5.74) is 2.78. The molecule has 0 atom stereocenters. The van der Waals surface area contributed by atoms with E-state index in [4.69, 9.17) is 4.74 Å². The summed E-state index contributed by atoms with van der Waals surface area (Å²) in [5, 5.41) is 5.08. The van der Waals surface area contributed by atoms with E-state index in [1.165, 1.54) is 11.9 Å². The van der Waals surface area contributed by atoms with Crippen molar-refractivity contribution in [1.82, 2.24) is 10.2 Å². The molecule has 8 heteroatoms. The van der Waals surface area contributed by atoms with Crippen molar-refractivity contribution >= 4 is 35.1 Å². The first-order valence-corrected chi connectivity index (χ1v) is 9.28. The molecule has 0 aromatic heterocycles. The predicted molar refractivity (Wildman–Crippen MR) is 111 cm³/mol. The van der Waals surface area contributed by atoms with Gasteiger partial charge >= 0.3 is 5.97 Å². The number of carbonyl (C=O) groups is 4. The zero-order valence-corrected chi connectivity index (χ0v) is 16.4. The summed E-state index contributed by atoms with van der Waals surface area (Å²) in [5.74, 6) is -1.55. The average Bonchev–Trinajstić information content (AvgIpc) is 3.01. The Hall–Kier alpha value is -3.94. The molecule has 3 rings (SSSR count). The molecule has 0 radical (unpaired) electrons. The van der Waals surface area contributed by atoms with Gasteiger partial charge < -0.3 is 20.3 Å². The van der Waals surface area contributed by atoms with Gasteiger partial charge in [-0.15, -0.1) is 0 Å². The Labute approximate surface area is 173 Å². The number of nitrogens with zero attached hydrogens (tertiary/aromatic N) is 1. The molecule has 2 aromatic carbocycles. The van der Waals surface area contributed by atoms with Crippen molar-refractivity contribution in [2.75, 3.05) is 25.5 Å². The number of rotatable bonds is 7. The number of amides is 3. The van der Waals surface area contributed by atoms with Crippen molar-refractivity contribution in [3.05, 3.63) is 71.8 Å². The molecule has 0 bridgehead atoms. The highest BCUT2D eigenvalue weighted by molar-refractivity contribution is 6.08. The van der Waals surface area contributed by atoms with Gasteiger partial charge in [0.1, 0.15) is 0 Å². The lowest BCUT2D eigenvalue weighted by molar-refractivity contribution is -0.147. The molecule has 2 aromatic rings. The van der Waals surface area contributed by atoms with E-state index in [0.717, 1.165) is 5.56 Å².